The van der Waals surface area contributed by atoms with Crippen LogP contribution in [0.1, 0.15) is 12.5 Å². The molecule has 0 atom stereocenters. The summed E-state index contributed by atoms with van der Waals surface area (Å²) in [5.74, 6) is 2.08. The van der Waals surface area contributed by atoms with E-state index < -0.39 is 0 Å². The number of furan rings is 1. The van der Waals surface area contributed by atoms with Gasteiger partial charge in [-0.05, 0) is 48.4 Å². The van der Waals surface area contributed by atoms with Crippen LogP contribution in [0.25, 0.3) is 33.8 Å². The van der Waals surface area contributed by atoms with Gasteiger partial charge in [0.25, 0.3) is 0 Å². The second-order valence-corrected chi connectivity index (χ2v) is 6.43. The Kier molecular flexibility index (Phi) is 4.43. The van der Waals surface area contributed by atoms with Crippen LogP contribution in [-0.2, 0) is 6.42 Å². The summed E-state index contributed by atoms with van der Waals surface area (Å²) in [4.78, 5) is 0. The lowest BCUT2D eigenvalue weighted by atomic mass is 9.94. The number of benzene rings is 3. The van der Waals surface area contributed by atoms with E-state index in [2.05, 4.69) is 6.92 Å². The number of rotatable bonds is 4. The van der Waals surface area contributed by atoms with Crippen molar-refractivity contribution in [2.75, 3.05) is 0 Å². The van der Waals surface area contributed by atoms with Crippen molar-refractivity contribution in [3.05, 3.63) is 84.4 Å². The van der Waals surface area contributed by atoms with Crippen molar-refractivity contribution >= 4 is 0 Å². The molecule has 3 aromatic carbocycles. The third-order valence-corrected chi connectivity index (χ3v) is 4.68. The van der Waals surface area contributed by atoms with E-state index in [1.54, 1.807) is 24.3 Å². The summed E-state index contributed by atoms with van der Waals surface area (Å²) in [6.45, 7) is 2.10. The Balaban J connectivity index is 1.99. The highest BCUT2D eigenvalue weighted by atomic mass is 16.3. The van der Waals surface area contributed by atoms with Crippen molar-refractivity contribution < 1.29 is 14.6 Å². The van der Waals surface area contributed by atoms with Gasteiger partial charge in [0, 0.05) is 22.3 Å². The van der Waals surface area contributed by atoms with Gasteiger partial charge in [0.2, 0.25) is 0 Å². The molecule has 0 radical (unpaired) electrons. The van der Waals surface area contributed by atoms with Gasteiger partial charge < -0.3 is 14.6 Å². The first-order valence-corrected chi connectivity index (χ1v) is 8.97. The van der Waals surface area contributed by atoms with Crippen LogP contribution in [0.5, 0.6) is 11.5 Å². The molecule has 0 unspecified atom stereocenters. The van der Waals surface area contributed by atoms with Crippen LogP contribution >= 0.6 is 0 Å². The fourth-order valence-corrected chi connectivity index (χ4v) is 3.37. The molecule has 3 nitrogen and oxygen atoms in total. The number of aromatic hydroxyl groups is 2. The van der Waals surface area contributed by atoms with Crippen molar-refractivity contribution in [1.82, 2.24) is 0 Å². The number of hydrogen-bond donors (Lipinski definition) is 2. The maximum atomic E-state index is 9.68. The number of phenolic OH excluding ortho intramolecular Hbond substituents is 2. The van der Waals surface area contributed by atoms with Gasteiger partial charge in [0.05, 0.1) is 0 Å². The fraction of sp³-hybridized carbons (Fsp3) is 0.0833. The molecule has 2 N–H and O–H groups in total. The molecule has 4 rings (SSSR count). The molecule has 0 aliphatic heterocycles. The summed E-state index contributed by atoms with van der Waals surface area (Å²) in [6.07, 6.45) is 0.794. The van der Waals surface area contributed by atoms with E-state index in [0.29, 0.717) is 0 Å². The minimum absolute atomic E-state index is 0.227. The van der Waals surface area contributed by atoms with Crippen molar-refractivity contribution in [2.24, 2.45) is 0 Å². The Morgan fingerprint density at radius 2 is 1.15 bits per heavy atom. The molecule has 0 fully saturated rings. The van der Waals surface area contributed by atoms with Crippen molar-refractivity contribution in [1.29, 1.82) is 0 Å². The van der Waals surface area contributed by atoms with Gasteiger partial charge in [-0.1, -0.05) is 49.4 Å². The molecule has 0 aliphatic rings. The van der Waals surface area contributed by atoms with Gasteiger partial charge in [0.15, 0.2) is 0 Å². The Morgan fingerprint density at radius 3 is 1.70 bits per heavy atom. The standard InChI is InChI=1S/C24H20O3/c1-2-21-22(16-8-12-19(25)13-9-16)24(17-6-4-3-5-7-17)27-23(21)18-10-14-20(26)15-11-18/h3-15,25-26H,2H2,1H3. The molecular weight excluding hydrogens is 336 g/mol. The van der Waals surface area contributed by atoms with Crippen molar-refractivity contribution in [3.8, 4) is 45.3 Å². The molecule has 0 bridgehead atoms. The highest BCUT2D eigenvalue weighted by Crippen LogP contribution is 2.43. The predicted molar refractivity (Wildman–Crippen MR) is 108 cm³/mol. The monoisotopic (exact) mass is 356 g/mol. The Labute approximate surface area is 158 Å². The summed E-state index contributed by atoms with van der Waals surface area (Å²) < 4.78 is 6.39. The molecule has 0 saturated carbocycles. The summed E-state index contributed by atoms with van der Waals surface area (Å²) in [6, 6.07) is 24.3. The number of phenols is 2. The van der Waals surface area contributed by atoms with Crippen LogP contribution in [-0.4, -0.2) is 10.2 Å². The van der Waals surface area contributed by atoms with Gasteiger partial charge in [-0.15, -0.1) is 0 Å². The average molecular weight is 356 g/mol. The highest BCUT2D eigenvalue weighted by molar-refractivity contribution is 5.87. The van der Waals surface area contributed by atoms with Crippen molar-refractivity contribution in [2.45, 2.75) is 13.3 Å². The second-order valence-electron chi connectivity index (χ2n) is 6.43. The zero-order valence-electron chi connectivity index (χ0n) is 15.0. The summed E-state index contributed by atoms with van der Waals surface area (Å²) >= 11 is 0. The van der Waals surface area contributed by atoms with Gasteiger partial charge in [-0.25, -0.2) is 0 Å². The third-order valence-electron chi connectivity index (χ3n) is 4.68. The maximum Gasteiger partial charge on any atom is 0.142 e. The van der Waals surface area contributed by atoms with Gasteiger partial charge in [0.1, 0.15) is 23.0 Å². The zero-order valence-corrected chi connectivity index (χ0v) is 15.0. The molecule has 0 amide bonds. The first-order chi connectivity index (χ1) is 13.2. The van der Waals surface area contributed by atoms with Gasteiger partial charge in [-0.3, -0.25) is 0 Å². The fourth-order valence-electron chi connectivity index (χ4n) is 3.37. The molecule has 0 saturated heterocycles. The smallest absolute Gasteiger partial charge is 0.142 e. The van der Waals surface area contributed by atoms with Crippen LogP contribution in [0.2, 0.25) is 0 Å². The van der Waals surface area contributed by atoms with Gasteiger partial charge >= 0.3 is 0 Å². The zero-order chi connectivity index (χ0) is 18.8. The van der Waals surface area contributed by atoms with Crippen LogP contribution in [0.3, 0.4) is 0 Å². The summed E-state index contributed by atoms with van der Waals surface area (Å²) in [7, 11) is 0. The van der Waals surface area contributed by atoms with E-state index in [9.17, 15) is 10.2 Å². The maximum absolute atomic E-state index is 9.68. The van der Waals surface area contributed by atoms with Crippen LogP contribution in [0.4, 0.5) is 0 Å². The first-order valence-electron chi connectivity index (χ1n) is 8.97. The molecule has 1 aromatic heterocycles. The molecule has 4 aromatic rings. The second kappa shape index (κ2) is 7.04. The lowest BCUT2D eigenvalue weighted by Crippen LogP contribution is -1.87. The highest BCUT2D eigenvalue weighted by Gasteiger charge is 2.22. The van der Waals surface area contributed by atoms with E-state index in [1.165, 1.54) is 0 Å². The van der Waals surface area contributed by atoms with E-state index >= 15 is 0 Å². The topological polar surface area (TPSA) is 53.6 Å². The predicted octanol–water partition coefficient (Wildman–Crippen LogP) is 6.25. The number of hydrogen-bond acceptors (Lipinski definition) is 3. The lowest BCUT2D eigenvalue weighted by molar-refractivity contribution is 0.475. The quantitative estimate of drug-likeness (QED) is 0.454. The normalized spacial score (nSPS) is 10.9. The average Bonchev–Trinajstić information content (AvgIpc) is 3.09. The first kappa shape index (κ1) is 17.0. The Morgan fingerprint density at radius 1 is 0.630 bits per heavy atom. The Hall–Kier alpha value is -3.46. The molecule has 1 heterocycles. The summed E-state index contributed by atoms with van der Waals surface area (Å²) in [5, 5.41) is 19.3. The Bertz CT molecular complexity index is 1040. The van der Waals surface area contributed by atoms with E-state index in [-0.39, 0.29) is 11.5 Å². The van der Waals surface area contributed by atoms with Crippen molar-refractivity contribution in [3.63, 3.8) is 0 Å². The van der Waals surface area contributed by atoms with Crippen LogP contribution < -0.4 is 0 Å². The van der Waals surface area contributed by atoms with Crippen LogP contribution in [0.15, 0.2) is 83.3 Å². The van der Waals surface area contributed by atoms with E-state index in [1.807, 2.05) is 54.6 Å². The third kappa shape index (κ3) is 3.20. The molecule has 0 spiro atoms. The molecule has 27 heavy (non-hydrogen) atoms. The van der Waals surface area contributed by atoms with Gasteiger partial charge in [-0.2, -0.15) is 0 Å². The molecule has 3 heteroatoms. The summed E-state index contributed by atoms with van der Waals surface area (Å²) in [5.41, 5.74) is 5.06. The van der Waals surface area contributed by atoms with E-state index in [0.717, 1.165) is 45.8 Å². The molecular formula is C24H20O3. The van der Waals surface area contributed by atoms with Crippen LogP contribution in [0, 0.1) is 0 Å². The largest absolute Gasteiger partial charge is 0.508 e. The van der Waals surface area contributed by atoms with E-state index in [4.69, 9.17) is 4.42 Å². The minimum atomic E-state index is 0.227. The minimum Gasteiger partial charge on any atom is -0.508 e. The SMILES string of the molecule is CCc1c(-c2ccc(O)cc2)oc(-c2ccccc2)c1-c1ccc(O)cc1. The molecule has 0 aliphatic carbocycles. The lowest BCUT2D eigenvalue weighted by Gasteiger charge is -2.06. The molecule has 134 valence electrons.